The van der Waals surface area contributed by atoms with Gasteiger partial charge in [-0.05, 0) is 57.2 Å². The first-order valence-corrected chi connectivity index (χ1v) is 8.11. The van der Waals surface area contributed by atoms with E-state index in [1.54, 1.807) is 0 Å². The van der Waals surface area contributed by atoms with Crippen LogP contribution in [-0.4, -0.2) is 19.3 Å². The third-order valence-corrected chi connectivity index (χ3v) is 5.10. The van der Waals surface area contributed by atoms with Gasteiger partial charge in [0, 0.05) is 12.6 Å². The minimum atomic E-state index is 0.508. The molecule has 4 nitrogen and oxygen atoms in total. The number of imidazole rings is 1. The number of aryl methyl sites for hydroxylation is 2. The second-order valence-corrected chi connectivity index (χ2v) is 6.75. The first kappa shape index (κ1) is 13.9. The number of fused-ring (bicyclic) bond motifs is 1. The van der Waals surface area contributed by atoms with Crippen molar-refractivity contribution in [2.75, 3.05) is 0 Å². The molecule has 1 aliphatic rings. The van der Waals surface area contributed by atoms with Crippen LogP contribution in [-0.2, 0) is 6.54 Å². The maximum absolute atomic E-state index is 5.60. The summed E-state index contributed by atoms with van der Waals surface area (Å²) in [4.78, 5) is 3.37. The van der Waals surface area contributed by atoms with Gasteiger partial charge in [0.25, 0.3) is 0 Å². The molecule has 3 unspecified atom stereocenters. The molecule has 0 spiro atoms. The minimum absolute atomic E-state index is 0.508. The molecule has 0 radical (unpaired) electrons. The zero-order valence-corrected chi connectivity index (χ0v) is 13.6. The molecular weight excluding hydrogens is 268 g/mol. The highest BCUT2D eigenvalue weighted by Gasteiger charge is 2.29. The van der Waals surface area contributed by atoms with Crippen molar-refractivity contribution in [2.24, 2.45) is 11.8 Å². The summed E-state index contributed by atoms with van der Waals surface area (Å²) >= 11 is 5.60. The van der Waals surface area contributed by atoms with Crippen LogP contribution in [0.15, 0.2) is 0 Å². The Morgan fingerprint density at radius 1 is 1.35 bits per heavy atom. The molecule has 2 heterocycles. The summed E-state index contributed by atoms with van der Waals surface area (Å²) in [6.45, 7) is 9.79. The van der Waals surface area contributed by atoms with Gasteiger partial charge in [-0.2, -0.15) is 5.10 Å². The van der Waals surface area contributed by atoms with Crippen LogP contribution in [0.4, 0.5) is 0 Å². The lowest BCUT2D eigenvalue weighted by Gasteiger charge is -2.33. The highest BCUT2D eigenvalue weighted by atomic mass is 32.1. The van der Waals surface area contributed by atoms with E-state index < -0.39 is 0 Å². The lowest BCUT2D eigenvalue weighted by Crippen LogP contribution is -2.25. The van der Waals surface area contributed by atoms with Gasteiger partial charge in [0.05, 0.1) is 5.69 Å². The van der Waals surface area contributed by atoms with E-state index in [9.17, 15) is 0 Å². The van der Waals surface area contributed by atoms with Crippen LogP contribution < -0.4 is 0 Å². The quantitative estimate of drug-likeness (QED) is 0.842. The number of aromatic amines is 1. The molecule has 2 aromatic heterocycles. The Morgan fingerprint density at radius 2 is 2.10 bits per heavy atom. The highest BCUT2D eigenvalue weighted by molar-refractivity contribution is 7.71. The first-order chi connectivity index (χ1) is 9.52. The number of hydrogen-bond donors (Lipinski definition) is 1. The van der Waals surface area contributed by atoms with E-state index in [-0.39, 0.29) is 0 Å². The van der Waals surface area contributed by atoms with Crippen molar-refractivity contribution in [3.05, 3.63) is 10.5 Å². The molecule has 1 aliphatic carbocycles. The van der Waals surface area contributed by atoms with Crippen molar-refractivity contribution < 1.29 is 0 Å². The number of rotatable bonds is 2. The van der Waals surface area contributed by atoms with Crippen LogP contribution in [0.5, 0.6) is 0 Å². The predicted octanol–water partition coefficient (Wildman–Crippen LogP) is 4.22. The molecule has 5 heteroatoms. The molecular formula is C15H24N4S. The second-order valence-electron chi connectivity index (χ2n) is 6.36. The van der Waals surface area contributed by atoms with E-state index >= 15 is 0 Å². The molecule has 0 bridgehead atoms. The lowest BCUT2D eigenvalue weighted by molar-refractivity contribution is 0.208. The molecule has 0 amide bonds. The van der Waals surface area contributed by atoms with E-state index in [2.05, 4.69) is 47.0 Å². The summed E-state index contributed by atoms with van der Waals surface area (Å²) in [5.74, 6) is 1.51. The standard InChI is InChI=1S/C15H24N4S/c1-5-18-14-13(11(4)17-18)16-15(20)19(14)12-7-6-9(2)8-10(12)3/h9-10,12H,5-8H2,1-4H3,(H,16,20). The van der Waals surface area contributed by atoms with Crippen molar-refractivity contribution >= 4 is 23.4 Å². The molecule has 1 N–H and O–H groups in total. The third-order valence-electron chi connectivity index (χ3n) is 4.80. The van der Waals surface area contributed by atoms with E-state index in [0.29, 0.717) is 12.0 Å². The van der Waals surface area contributed by atoms with Crippen molar-refractivity contribution in [1.82, 2.24) is 19.3 Å². The second kappa shape index (κ2) is 5.02. The zero-order chi connectivity index (χ0) is 14.4. The van der Waals surface area contributed by atoms with Crippen molar-refractivity contribution in [3.8, 4) is 0 Å². The van der Waals surface area contributed by atoms with Gasteiger partial charge < -0.3 is 4.98 Å². The van der Waals surface area contributed by atoms with Crippen LogP contribution >= 0.6 is 12.2 Å². The van der Waals surface area contributed by atoms with Crippen LogP contribution in [0.1, 0.15) is 51.8 Å². The molecule has 0 aliphatic heterocycles. The summed E-state index contributed by atoms with van der Waals surface area (Å²) in [6, 6.07) is 0.508. The van der Waals surface area contributed by atoms with Gasteiger partial charge in [0.2, 0.25) is 0 Å². The summed E-state index contributed by atoms with van der Waals surface area (Å²) in [7, 11) is 0. The Morgan fingerprint density at radius 3 is 2.75 bits per heavy atom. The number of hydrogen-bond acceptors (Lipinski definition) is 2. The topological polar surface area (TPSA) is 38.5 Å². The average molecular weight is 292 g/mol. The van der Waals surface area contributed by atoms with Crippen LogP contribution in [0.2, 0.25) is 0 Å². The van der Waals surface area contributed by atoms with Crippen molar-refractivity contribution in [1.29, 1.82) is 0 Å². The van der Waals surface area contributed by atoms with Gasteiger partial charge in [-0.1, -0.05) is 13.8 Å². The molecule has 0 aromatic carbocycles. The third kappa shape index (κ3) is 2.03. The molecule has 3 atom stereocenters. The van der Waals surface area contributed by atoms with Crippen LogP contribution in [0.25, 0.3) is 11.2 Å². The zero-order valence-electron chi connectivity index (χ0n) is 12.8. The van der Waals surface area contributed by atoms with Crippen LogP contribution in [0.3, 0.4) is 0 Å². The number of nitrogens with zero attached hydrogens (tertiary/aromatic N) is 3. The van der Waals surface area contributed by atoms with Gasteiger partial charge in [-0.15, -0.1) is 0 Å². The molecule has 20 heavy (non-hydrogen) atoms. The fourth-order valence-electron chi connectivity index (χ4n) is 3.78. The van der Waals surface area contributed by atoms with Gasteiger partial charge in [0.15, 0.2) is 10.4 Å². The first-order valence-electron chi connectivity index (χ1n) is 7.70. The molecule has 1 fully saturated rings. The highest BCUT2D eigenvalue weighted by Crippen LogP contribution is 2.38. The lowest BCUT2D eigenvalue weighted by atomic mass is 9.80. The van der Waals surface area contributed by atoms with E-state index in [0.717, 1.165) is 28.4 Å². The van der Waals surface area contributed by atoms with Gasteiger partial charge >= 0.3 is 0 Å². The summed E-state index contributed by atoms with van der Waals surface area (Å²) in [5.41, 5.74) is 3.34. The Bertz CT molecular complexity index is 678. The molecule has 0 saturated heterocycles. The van der Waals surface area contributed by atoms with Crippen LogP contribution in [0, 0.1) is 23.5 Å². The van der Waals surface area contributed by atoms with E-state index in [1.807, 2.05) is 0 Å². The monoisotopic (exact) mass is 292 g/mol. The molecule has 2 aromatic rings. The Kier molecular flexibility index (Phi) is 3.48. The minimum Gasteiger partial charge on any atom is -0.328 e. The fourth-order valence-corrected chi connectivity index (χ4v) is 4.11. The maximum atomic E-state index is 5.60. The average Bonchev–Trinajstić information content (AvgIpc) is 2.88. The van der Waals surface area contributed by atoms with Gasteiger partial charge in [-0.3, -0.25) is 4.57 Å². The normalized spacial score (nSPS) is 27.3. The largest absolute Gasteiger partial charge is 0.328 e. The summed E-state index contributed by atoms with van der Waals surface area (Å²) < 4.78 is 5.28. The Labute approximate surface area is 125 Å². The summed E-state index contributed by atoms with van der Waals surface area (Å²) in [5, 5.41) is 4.62. The van der Waals surface area contributed by atoms with Crippen molar-refractivity contribution in [2.45, 2.75) is 59.5 Å². The smallest absolute Gasteiger partial charge is 0.179 e. The fraction of sp³-hybridized carbons (Fsp3) is 0.733. The number of nitrogens with one attached hydrogen (secondary N) is 1. The summed E-state index contributed by atoms with van der Waals surface area (Å²) in [6.07, 6.45) is 3.80. The van der Waals surface area contributed by atoms with Crippen molar-refractivity contribution in [3.63, 3.8) is 0 Å². The van der Waals surface area contributed by atoms with E-state index in [1.165, 1.54) is 24.9 Å². The number of H-pyrrole nitrogens is 1. The maximum Gasteiger partial charge on any atom is 0.179 e. The predicted molar refractivity (Wildman–Crippen MR) is 84.5 cm³/mol. The van der Waals surface area contributed by atoms with E-state index in [4.69, 9.17) is 12.2 Å². The van der Waals surface area contributed by atoms with Gasteiger partial charge in [0.1, 0.15) is 5.52 Å². The molecule has 3 rings (SSSR count). The van der Waals surface area contributed by atoms with Gasteiger partial charge in [-0.25, -0.2) is 4.68 Å². The SMILES string of the molecule is CCn1nc(C)c2[nH]c(=S)n(C3CCC(C)CC3C)c21. The molecule has 1 saturated carbocycles. The Hall–Kier alpha value is -1.10. The Balaban J connectivity index is 2.15. The molecule has 110 valence electrons. The number of aromatic nitrogens is 4.